The summed E-state index contributed by atoms with van der Waals surface area (Å²) in [5.74, 6) is 0. The number of nitrogens with two attached hydrogens (primary N) is 1. The minimum absolute atomic E-state index is 0.470. The maximum Gasteiger partial charge on any atom is 0.173 e. The van der Waals surface area contributed by atoms with E-state index in [1.807, 2.05) is 0 Å². The van der Waals surface area contributed by atoms with Gasteiger partial charge < -0.3 is 30.9 Å². The normalized spacial score (nSPS) is 43.1. The number of hydrogen-bond acceptors (Lipinski definition) is 6. The molecule has 0 aromatic carbocycles. The lowest BCUT2D eigenvalue weighted by molar-refractivity contribution is -0.248. The van der Waals surface area contributed by atoms with E-state index < -0.39 is 37.3 Å². The van der Waals surface area contributed by atoms with Gasteiger partial charge in [-0.15, -0.1) is 0 Å². The average molecular weight is 219 g/mol. The van der Waals surface area contributed by atoms with Crippen LogP contribution in [-0.4, -0.2) is 57.7 Å². The SMILES string of the molecule is C1=CC1.N[C@@H]1C(O)O[C@H](CO)[C@@H](O)[C@@H]1O. The van der Waals surface area contributed by atoms with Gasteiger partial charge >= 0.3 is 0 Å². The highest BCUT2D eigenvalue weighted by Gasteiger charge is 2.41. The van der Waals surface area contributed by atoms with Crippen molar-refractivity contribution < 1.29 is 25.2 Å². The molecule has 0 bridgehead atoms. The summed E-state index contributed by atoms with van der Waals surface area (Å²) in [6.45, 7) is -0.470. The van der Waals surface area contributed by atoms with Gasteiger partial charge in [-0.2, -0.15) is 0 Å². The molecule has 6 nitrogen and oxygen atoms in total. The van der Waals surface area contributed by atoms with Crippen LogP contribution in [0.4, 0.5) is 0 Å². The first-order chi connectivity index (χ1) is 7.07. The van der Waals surface area contributed by atoms with E-state index in [0.29, 0.717) is 0 Å². The van der Waals surface area contributed by atoms with Gasteiger partial charge in [0.05, 0.1) is 12.6 Å². The molecule has 1 aliphatic heterocycles. The molecular formula is C9H17NO5. The Balaban J connectivity index is 0.000000319. The van der Waals surface area contributed by atoms with Gasteiger partial charge in [0.15, 0.2) is 6.29 Å². The van der Waals surface area contributed by atoms with Crippen molar-refractivity contribution in [1.82, 2.24) is 0 Å². The first-order valence-corrected chi connectivity index (χ1v) is 4.79. The van der Waals surface area contributed by atoms with Crippen LogP contribution in [-0.2, 0) is 4.74 Å². The monoisotopic (exact) mass is 219 g/mol. The van der Waals surface area contributed by atoms with Crippen LogP contribution in [0.15, 0.2) is 12.2 Å². The molecular weight excluding hydrogens is 202 g/mol. The first-order valence-electron chi connectivity index (χ1n) is 4.79. The van der Waals surface area contributed by atoms with Crippen molar-refractivity contribution in [2.24, 2.45) is 5.73 Å². The first kappa shape index (κ1) is 12.6. The topological polar surface area (TPSA) is 116 Å². The molecule has 0 amide bonds. The summed E-state index contributed by atoms with van der Waals surface area (Å²) in [7, 11) is 0. The molecule has 2 aliphatic rings. The zero-order valence-corrected chi connectivity index (χ0v) is 8.23. The number of aliphatic hydroxyl groups is 4. The van der Waals surface area contributed by atoms with Crippen molar-refractivity contribution in [2.75, 3.05) is 6.61 Å². The van der Waals surface area contributed by atoms with Crippen molar-refractivity contribution in [3.63, 3.8) is 0 Å². The number of allylic oxidation sites excluding steroid dienone is 2. The molecule has 88 valence electrons. The summed E-state index contributed by atoms with van der Waals surface area (Å²) < 4.78 is 4.70. The molecule has 1 unspecified atom stereocenters. The van der Waals surface area contributed by atoms with E-state index in [2.05, 4.69) is 12.2 Å². The zero-order chi connectivity index (χ0) is 11.4. The molecule has 6 N–H and O–H groups in total. The van der Waals surface area contributed by atoms with Gasteiger partial charge in [0.2, 0.25) is 0 Å². The summed E-state index contributed by atoms with van der Waals surface area (Å²) in [5, 5.41) is 36.1. The summed E-state index contributed by atoms with van der Waals surface area (Å²) in [5.41, 5.74) is 5.26. The molecule has 1 saturated heterocycles. The number of ether oxygens (including phenoxy) is 1. The standard InChI is InChI=1S/C6H13NO5.C3H4/c7-3-5(10)4(9)2(1-8)12-6(3)11;1-2-3-1/h2-6,8-11H,1,7H2;1-2H,3H2/t2-,3+,4-,5-,6?;/m1./s1. The summed E-state index contributed by atoms with van der Waals surface area (Å²) in [6.07, 6.45) is 0.648. The molecule has 0 saturated carbocycles. The van der Waals surface area contributed by atoms with E-state index in [1.54, 1.807) is 0 Å². The van der Waals surface area contributed by atoms with Crippen LogP contribution in [0.5, 0.6) is 0 Å². The molecule has 0 spiro atoms. The van der Waals surface area contributed by atoms with Crippen LogP contribution in [0.25, 0.3) is 0 Å². The molecule has 1 aliphatic carbocycles. The van der Waals surface area contributed by atoms with Gasteiger partial charge in [-0.1, -0.05) is 12.2 Å². The number of aliphatic hydroxyl groups excluding tert-OH is 4. The van der Waals surface area contributed by atoms with E-state index in [9.17, 15) is 10.2 Å². The van der Waals surface area contributed by atoms with E-state index in [0.717, 1.165) is 0 Å². The Morgan fingerprint density at radius 2 is 1.73 bits per heavy atom. The third-order valence-corrected chi connectivity index (χ3v) is 2.18. The molecule has 5 atom stereocenters. The summed E-state index contributed by atoms with van der Waals surface area (Å²) in [4.78, 5) is 0. The lowest BCUT2D eigenvalue weighted by Crippen LogP contribution is -2.61. The van der Waals surface area contributed by atoms with Gasteiger partial charge in [0.25, 0.3) is 0 Å². The van der Waals surface area contributed by atoms with Crippen LogP contribution in [0, 0.1) is 0 Å². The lowest BCUT2D eigenvalue weighted by Gasteiger charge is -2.38. The molecule has 0 radical (unpaired) electrons. The fraction of sp³-hybridized carbons (Fsp3) is 0.778. The van der Waals surface area contributed by atoms with Gasteiger partial charge in [-0.05, 0) is 6.42 Å². The maximum absolute atomic E-state index is 9.20. The molecule has 6 heteroatoms. The van der Waals surface area contributed by atoms with Crippen molar-refractivity contribution >= 4 is 0 Å². The highest BCUT2D eigenvalue weighted by atomic mass is 16.6. The quantitative estimate of drug-likeness (QED) is 0.316. The molecule has 15 heavy (non-hydrogen) atoms. The molecule has 1 heterocycles. The molecule has 1 fully saturated rings. The van der Waals surface area contributed by atoms with E-state index in [1.165, 1.54) is 6.42 Å². The number of rotatable bonds is 1. The highest BCUT2D eigenvalue weighted by molar-refractivity contribution is 5.02. The summed E-state index contributed by atoms with van der Waals surface area (Å²) in [6, 6.07) is -1.04. The second kappa shape index (κ2) is 5.55. The van der Waals surface area contributed by atoms with Gasteiger partial charge in [-0.3, -0.25) is 0 Å². The Labute approximate surface area is 87.6 Å². The van der Waals surface area contributed by atoms with Crippen LogP contribution in [0.2, 0.25) is 0 Å². The van der Waals surface area contributed by atoms with E-state index >= 15 is 0 Å². The predicted molar refractivity (Wildman–Crippen MR) is 51.7 cm³/mol. The summed E-state index contributed by atoms with van der Waals surface area (Å²) >= 11 is 0. The maximum atomic E-state index is 9.20. The van der Waals surface area contributed by atoms with Gasteiger partial charge in [0.1, 0.15) is 18.3 Å². The smallest absolute Gasteiger partial charge is 0.173 e. The van der Waals surface area contributed by atoms with Crippen molar-refractivity contribution in [2.45, 2.75) is 37.1 Å². The minimum Gasteiger partial charge on any atom is -0.394 e. The third kappa shape index (κ3) is 3.53. The Bertz CT molecular complexity index is 214. The van der Waals surface area contributed by atoms with Crippen LogP contribution < -0.4 is 5.73 Å². The average Bonchev–Trinajstić information content (AvgIpc) is 3.07. The Morgan fingerprint density at radius 1 is 1.20 bits per heavy atom. The fourth-order valence-electron chi connectivity index (χ4n) is 1.12. The predicted octanol–water partition coefficient (Wildman–Crippen LogP) is -2.31. The van der Waals surface area contributed by atoms with Crippen LogP contribution >= 0.6 is 0 Å². The van der Waals surface area contributed by atoms with Gasteiger partial charge in [0, 0.05) is 0 Å². The zero-order valence-electron chi connectivity index (χ0n) is 8.23. The lowest BCUT2D eigenvalue weighted by atomic mass is 9.98. The Morgan fingerprint density at radius 3 is 2.13 bits per heavy atom. The van der Waals surface area contributed by atoms with Gasteiger partial charge in [-0.25, -0.2) is 0 Å². The second-order valence-corrected chi connectivity index (χ2v) is 3.51. The van der Waals surface area contributed by atoms with Crippen molar-refractivity contribution in [3.05, 3.63) is 12.2 Å². The second-order valence-electron chi connectivity index (χ2n) is 3.51. The van der Waals surface area contributed by atoms with E-state index in [-0.39, 0.29) is 0 Å². The third-order valence-electron chi connectivity index (χ3n) is 2.18. The van der Waals surface area contributed by atoms with Crippen molar-refractivity contribution in [3.8, 4) is 0 Å². The highest BCUT2D eigenvalue weighted by Crippen LogP contribution is 2.17. The van der Waals surface area contributed by atoms with Crippen molar-refractivity contribution in [1.29, 1.82) is 0 Å². The largest absolute Gasteiger partial charge is 0.394 e. The number of hydrogen-bond donors (Lipinski definition) is 5. The van der Waals surface area contributed by atoms with Crippen LogP contribution in [0.1, 0.15) is 6.42 Å². The van der Waals surface area contributed by atoms with E-state index in [4.69, 9.17) is 20.7 Å². The fourth-order valence-corrected chi connectivity index (χ4v) is 1.12. The van der Waals surface area contributed by atoms with Crippen LogP contribution in [0.3, 0.4) is 0 Å². The Kier molecular flexibility index (Phi) is 4.65. The molecule has 2 rings (SSSR count). The molecule has 0 aromatic heterocycles. The molecule has 0 aromatic rings. The Hall–Kier alpha value is -0.500. The minimum atomic E-state index is -1.35.